The number of rotatable bonds is 6. The molecule has 0 N–H and O–H groups in total. The molecule has 1 aromatic rings. The van der Waals surface area contributed by atoms with E-state index in [9.17, 15) is 4.79 Å². The molecule has 0 bridgehead atoms. The van der Waals surface area contributed by atoms with E-state index in [4.69, 9.17) is 4.74 Å². The number of ketones is 1. The molecule has 0 aliphatic carbocycles. The third kappa shape index (κ3) is 2.70. The van der Waals surface area contributed by atoms with Crippen LogP contribution in [0.4, 0.5) is 0 Å². The van der Waals surface area contributed by atoms with Gasteiger partial charge in [-0.25, -0.2) is 4.98 Å². The van der Waals surface area contributed by atoms with Crippen molar-refractivity contribution in [2.45, 2.75) is 46.3 Å². The molecule has 90 valence electrons. The van der Waals surface area contributed by atoms with Crippen molar-refractivity contribution in [2.75, 3.05) is 6.61 Å². The Morgan fingerprint density at radius 1 is 1.50 bits per heavy atom. The first-order valence-electron chi connectivity index (χ1n) is 5.72. The molecule has 0 amide bonds. The van der Waals surface area contributed by atoms with Crippen LogP contribution in [0.3, 0.4) is 0 Å². The van der Waals surface area contributed by atoms with Crippen LogP contribution in [0.15, 0.2) is 12.4 Å². The minimum absolute atomic E-state index is 0.0622. The minimum atomic E-state index is -0.800. The SMILES string of the molecule is CCCn1ccnc1C(=O)C(C)(C)OCC. The van der Waals surface area contributed by atoms with Gasteiger partial charge in [-0.2, -0.15) is 0 Å². The predicted octanol–water partition coefficient (Wildman–Crippen LogP) is 2.29. The summed E-state index contributed by atoms with van der Waals surface area (Å²) in [5.74, 6) is 0.424. The summed E-state index contributed by atoms with van der Waals surface area (Å²) in [6, 6.07) is 0. The number of carbonyl (C=O) groups is 1. The van der Waals surface area contributed by atoms with Gasteiger partial charge >= 0.3 is 0 Å². The first-order valence-corrected chi connectivity index (χ1v) is 5.72. The van der Waals surface area contributed by atoms with E-state index >= 15 is 0 Å². The third-order valence-electron chi connectivity index (χ3n) is 2.44. The summed E-state index contributed by atoms with van der Waals surface area (Å²) in [6.45, 7) is 8.85. The van der Waals surface area contributed by atoms with Gasteiger partial charge in [-0.1, -0.05) is 6.92 Å². The Balaban J connectivity index is 2.91. The summed E-state index contributed by atoms with van der Waals surface area (Å²) >= 11 is 0. The van der Waals surface area contributed by atoms with E-state index in [0.717, 1.165) is 13.0 Å². The fourth-order valence-electron chi connectivity index (χ4n) is 1.64. The highest BCUT2D eigenvalue weighted by atomic mass is 16.5. The number of nitrogens with zero attached hydrogens (tertiary/aromatic N) is 2. The molecule has 1 aromatic heterocycles. The van der Waals surface area contributed by atoms with Crippen molar-refractivity contribution < 1.29 is 9.53 Å². The molecular weight excluding hydrogens is 204 g/mol. The smallest absolute Gasteiger partial charge is 0.229 e. The Bertz CT molecular complexity index is 356. The van der Waals surface area contributed by atoms with E-state index in [2.05, 4.69) is 11.9 Å². The van der Waals surface area contributed by atoms with Gasteiger partial charge in [0.25, 0.3) is 0 Å². The zero-order valence-corrected chi connectivity index (χ0v) is 10.5. The second-order valence-corrected chi connectivity index (χ2v) is 4.22. The summed E-state index contributed by atoms with van der Waals surface area (Å²) in [7, 11) is 0. The molecule has 1 rings (SSSR count). The maximum Gasteiger partial charge on any atom is 0.229 e. The molecule has 4 nitrogen and oxygen atoms in total. The van der Waals surface area contributed by atoms with Crippen molar-refractivity contribution in [3.63, 3.8) is 0 Å². The van der Waals surface area contributed by atoms with Crippen LogP contribution in [-0.4, -0.2) is 27.5 Å². The molecule has 0 spiro atoms. The lowest BCUT2D eigenvalue weighted by molar-refractivity contribution is 0.000144. The standard InChI is InChI=1S/C12H20N2O2/c1-5-8-14-9-7-13-11(14)10(15)12(3,4)16-6-2/h7,9H,5-6,8H2,1-4H3. The van der Waals surface area contributed by atoms with Gasteiger partial charge in [0, 0.05) is 25.5 Å². The number of hydrogen-bond acceptors (Lipinski definition) is 3. The quantitative estimate of drug-likeness (QED) is 0.696. The van der Waals surface area contributed by atoms with E-state index in [0.29, 0.717) is 12.4 Å². The molecule has 0 aliphatic rings. The molecule has 0 fully saturated rings. The van der Waals surface area contributed by atoms with Crippen molar-refractivity contribution in [3.8, 4) is 0 Å². The minimum Gasteiger partial charge on any atom is -0.368 e. The molecule has 0 saturated carbocycles. The molecule has 0 atom stereocenters. The second-order valence-electron chi connectivity index (χ2n) is 4.22. The zero-order valence-electron chi connectivity index (χ0n) is 10.5. The van der Waals surface area contributed by atoms with Crippen LogP contribution in [-0.2, 0) is 11.3 Å². The lowest BCUT2D eigenvalue weighted by atomic mass is 10.0. The van der Waals surface area contributed by atoms with Crippen LogP contribution in [0, 0.1) is 0 Å². The molecule has 0 aromatic carbocycles. The number of aromatic nitrogens is 2. The number of carbonyl (C=O) groups excluding carboxylic acids is 1. The van der Waals surface area contributed by atoms with Gasteiger partial charge in [-0.15, -0.1) is 0 Å². The van der Waals surface area contributed by atoms with Gasteiger partial charge < -0.3 is 9.30 Å². The zero-order chi connectivity index (χ0) is 12.2. The number of imidazole rings is 1. The summed E-state index contributed by atoms with van der Waals surface area (Å²) < 4.78 is 7.32. The molecule has 0 unspecified atom stereocenters. The average Bonchev–Trinajstić information content (AvgIpc) is 2.65. The van der Waals surface area contributed by atoms with Gasteiger partial charge in [-0.3, -0.25) is 4.79 Å². The fraction of sp³-hybridized carbons (Fsp3) is 0.667. The molecule has 0 aliphatic heterocycles. The summed E-state index contributed by atoms with van der Waals surface area (Å²) in [5, 5.41) is 0. The highest BCUT2D eigenvalue weighted by Gasteiger charge is 2.31. The topological polar surface area (TPSA) is 44.1 Å². The van der Waals surface area contributed by atoms with Crippen LogP contribution in [0.1, 0.15) is 44.7 Å². The van der Waals surface area contributed by atoms with Crippen molar-refractivity contribution in [1.29, 1.82) is 0 Å². The van der Waals surface area contributed by atoms with Crippen LogP contribution < -0.4 is 0 Å². The number of ether oxygens (including phenoxy) is 1. The molecule has 16 heavy (non-hydrogen) atoms. The Labute approximate surface area is 96.6 Å². The van der Waals surface area contributed by atoms with E-state index in [-0.39, 0.29) is 5.78 Å². The second kappa shape index (κ2) is 5.25. The van der Waals surface area contributed by atoms with Crippen LogP contribution >= 0.6 is 0 Å². The number of aryl methyl sites for hydroxylation is 1. The van der Waals surface area contributed by atoms with Gasteiger partial charge in [0.15, 0.2) is 5.82 Å². The van der Waals surface area contributed by atoms with Gasteiger partial charge in [0.2, 0.25) is 5.78 Å². The van der Waals surface area contributed by atoms with E-state index in [1.54, 1.807) is 20.0 Å². The molecule has 1 heterocycles. The van der Waals surface area contributed by atoms with Crippen molar-refractivity contribution in [3.05, 3.63) is 18.2 Å². The maximum absolute atomic E-state index is 12.2. The largest absolute Gasteiger partial charge is 0.368 e. The van der Waals surface area contributed by atoms with Crippen molar-refractivity contribution in [1.82, 2.24) is 9.55 Å². The van der Waals surface area contributed by atoms with Crippen LogP contribution in [0.5, 0.6) is 0 Å². The number of hydrogen-bond donors (Lipinski definition) is 0. The fourth-order valence-corrected chi connectivity index (χ4v) is 1.64. The van der Waals surface area contributed by atoms with Gasteiger partial charge in [0.05, 0.1) is 0 Å². The normalized spacial score (nSPS) is 11.8. The summed E-state index contributed by atoms with van der Waals surface area (Å²) in [5.41, 5.74) is -0.800. The summed E-state index contributed by atoms with van der Waals surface area (Å²) in [6.07, 6.45) is 4.47. The van der Waals surface area contributed by atoms with Crippen molar-refractivity contribution >= 4 is 5.78 Å². The Hall–Kier alpha value is -1.16. The van der Waals surface area contributed by atoms with Gasteiger partial charge in [0.1, 0.15) is 5.60 Å². The highest BCUT2D eigenvalue weighted by Crippen LogP contribution is 2.16. The third-order valence-corrected chi connectivity index (χ3v) is 2.44. The predicted molar refractivity (Wildman–Crippen MR) is 62.6 cm³/mol. The van der Waals surface area contributed by atoms with Crippen LogP contribution in [0.25, 0.3) is 0 Å². The lowest BCUT2D eigenvalue weighted by Gasteiger charge is -2.22. The van der Waals surface area contributed by atoms with E-state index in [1.807, 2.05) is 17.7 Å². The monoisotopic (exact) mass is 224 g/mol. The lowest BCUT2D eigenvalue weighted by Crippen LogP contribution is -2.36. The Morgan fingerprint density at radius 3 is 2.75 bits per heavy atom. The first kappa shape index (κ1) is 12.9. The maximum atomic E-state index is 12.2. The van der Waals surface area contributed by atoms with E-state index in [1.165, 1.54) is 0 Å². The summed E-state index contributed by atoms with van der Waals surface area (Å²) in [4.78, 5) is 16.3. The average molecular weight is 224 g/mol. The molecule has 0 radical (unpaired) electrons. The Morgan fingerprint density at radius 2 is 2.19 bits per heavy atom. The van der Waals surface area contributed by atoms with E-state index < -0.39 is 5.60 Å². The first-order chi connectivity index (χ1) is 7.53. The van der Waals surface area contributed by atoms with Crippen LogP contribution in [0.2, 0.25) is 0 Å². The Kier molecular flexibility index (Phi) is 4.24. The van der Waals surface area contributed by atoms with Gasteiger partial charge in [-0.05, 0) is 27.2 Å². The highest BCUT2D eigenvalue weighted by molar-refractivity contribution is 5.99. The van der Waals surface area contributed by atoms with Crippen molar-refractivity contribution in [2.24, 2.45) is 0 Å². The number of Topliss-reactive ketones (excluding diaryl/α,β-unsaturated/α-hetero) is 1. The molecular formula is C12H20N2O2. The molecule has 0 saturated heterocycles. The molecule has 4 heteroatoms.